The number of rotatable bonds is 9. The fraction of sp³-hybridized carbons (Fsp3) is 0.269. The molecule has 6 N–H and O–H groups in total. The second-order valence-electron chi connectivity index (χ2n) is 8.86. The van der Waals surface area contributed by atoms with Crippen molar-refractivity contribution in [2.75, 3.05) is 12.0 Å². The highest BCUT2D eigenvalue weighted by Gasteiger charge is 2.19. The zero-order valence-corrected chi connectivity index (χ0v) is 20.9. The van der Waals surface area contributed by atoms with Gasteiger partial charge in [0.2, 0.25) is 0 Å². The van der Waals surface area contributed by atoms with Crippen molar-refractivity contribution in [2.45, 2.75) is 39.6 Å². The lowest BCUT2D eigenvalue weighted by atomic mass is 10.0. The molecule has 4 rings (SSSR count). The van der Waals surface area contributed by atoms with Crippen LogP contribution in [0.4, 0.5) is 14.5 Å². The first-order valence-corrected chi connectivity index (χ1v) is 11.7. The third-order valence-electron chi connectivity index (χ3n) is 5.72. The summed E-state index contributed by atoms with van der Waals surface area (Å²) in [6.07, 6.45) is 4.22. The van der Waals surface area contributed by atoms with E-state index in [1.807, 2.05) is 22.8 Å². The molecule has 3 aromatic heterocycles. The van der Waals surface area contributed by atoms with Gasteiger partial charge in [-0.05, 0) is 57.2 Å². The number of nitrogens with two attached hydrogens (primary N) is 2. The zero-order chi connectivity index (χ0) is 26.7. The summed E-state index contributed by atoms with van der Waals surface area (Å²) in [6, 6.07) is 9.22. The molecule has 0 aliphatic heterocycles. The molecule has 3 heterocycles. The number of anilines is 1. The lowest BCUT2D eigenvalue weighted by Crippen LogP contribution is -2.13. The molecule has 0 fully saturated rings. The summed E-state index contributed by atoms with van der Waals surface area (Å²) in [6.45, 7) is 3.90. The van der Waals surface area contributed by atoms with Crippen molar-refractivity contribution in [2.24, 2.45) is 11.5 Å². The fourth-order valence-electron chi connectivity index (χ4n) is 3.94. The van der Waals surface area contributed by atoms with Gasteiger partial charge in [0.05, 0.1) is 35.1 Å². The lowest BCUT2D eigenvalue weighted by molar-refractivity contribution is 0.199. The number of nitrogens with one attached hydrogen (secondary N) is 1. The smallest absolute Gasteiger partial charge is 0.148 e. The molecule has 1 aromatic carbocycles. The van der Waals surface area contributed by atoms with E-state index in [1.54, 1.807) is 57.6 Å². The number of hydrogen-bond donors (Lipinski definition) is 4. The third-order valence-corrected chi connectivity index (χ3v) is 5.72. The number of aryl methyl sites for hydroxylation is 1. The molecule has 0 saturated heterocycles. The summed E-state index contributed by atoms with van der Waals surface area (Å²) in [7, 11) is 0. The topological polar surface area (TPSA) is 133 Å². The molecule has 9 nitrogen and oxygen atoms in total. The molecule has 194 valence electrons. The van der Waals surface area contributed by atoms with Gasteiger partial charge in [0, 0.05) is 28.7 Å². The van der Waals surface area contributed by atoms with Gasteiger partial charge < -0.3 is 21.9 Å². The minimum absolute atomic E-state index is 0.203. The van der Waals surface area contributed by atoms with Crippen molar-refractivity contribution < 1.29 is 13.9 Å². The average Bonchev–Trinajstić information content (AvgIpc) is 3.44. The van der Waals surface area contributed by atoms with E-state index >= 15 is 0 Å². The number of hydrogen-bond acceptors (Lipinski definition) is 7. The second-order valence-corrected chi connectivity index (χ2v) is 8.86. The van der Waals surface area contributed by atoms with Crippen LogP contribution in [0.3, 0.4) is 0 Å². The van der Waals surface area contributed by atoms with E-state index in [4.69, 9.17) is 16.5 Å². The zero-order valence-electron chi connectivity index (χ0n) is 20.9. The molecule has 0 amide bonds. The standard InChI is InChI=1S/C26H30F2N8O/c1-15(29)4-8-24(30)32-19-5-7-23-22(10-19)31-14-36(23)25-9-6-20(17(3)37)26(33-25)21-13-35(34-16(21)2)12-18(28)11-27/h4-10,13-14,17-18,32,37H,11-12,29-30H2,1-3H3/b15-4-,24-8+. The Labute approximate surface area is 213 Å². The van der Waals surface area contributed by atoms with Crippen LogP contribution in [0.5, 0.6) is 0 Å². The van der Waals surface area contributed by atoms with Crippen LogP contribution in [-0.4, -0.2) is 42.3 Å². The fourth-order valence-corrected chi connectivity index (χ4v) is 3.94. The summed E-state index contributed by atoms with van der Waals surface area (Å²) < 4.78 is 29.5. The number of allylic oxidation sites excluding steroid dienone is 3. The van der Waals surface area contributed by atoms with Crippen molar-refractivity contribution in [3.05, 3.63) is 77.8 Å². The normalized spacial score (nSPS) is 14.2. The maximum absolute atomic E-state index is 13.6. The van der Waals surface area contributed by atoms with Crippen LogP contribution in [0.25, 0.3) is 28.1 Å². The molecule has 2 unspecified atom stereocenters. The number of aromatic nitrogens is 5. The van der Waals surface area contributed by atoms with Crippen LogP contribution in [0.2, 0.25) is 0 Å². The number of pyridine rings is 1. The van der Waals surface area contributed by atoms with Crippen LogP contribution in [0.15, 0.2) is 66.5 Å². The number of halogens is 2. The first kappa shape index (κ1) is 25.8. The van der Waals surface area contributed by atoms with Crippen molar-refractivity contribution in [3.8, 4) is 17.1 Å². The van der Waals surface area contributed by atoms with E-state index in [2.05, 4.69) is 15.4 Å². The van der Waals surface area contributed by atoms with Crippen LogP contribution in [-0.2, 0) is 6.54 Å². The molecule has 11 heteroatoms. The Kier molecular flexibility index (Phi) is 7.53. The maximum Gasteiger partial charge on any atom is 0.148 e. The molecule has 0 radical (unpaired) electrons. The molecular weight excluding hydrogens is 478 g/mol. The highest BCUT2D eigenvalue weighted by molar-refractivity contribution is 5.81. The van der Waals surface area contributed by atoms with Crippen molar-refractivity contribution in [1.29, 1.82) is 0 Å². The molecule has 37 heavy (non-hydrogen) atoms. The molecule has 0 saturated carbocycles. The number of fused-ring (bicyclic) bond motifs is 1. The minimum atomic E-state index is -1.65. The van der Waals surface area contributed by atoms with E-state index in [0.717, 1.165) is 16.7 Å². The SMILES string of the molecule is C/C(N)=C/C=C(\N)Nc1ccc2c(c1)ncn2-c1ccc(C(C)O)c(-c2cn(CC(F)CF)nc2C)n1. The number of benzene rings is 1. The summed E-state index contributed by atoms with van der Waals surface area (Å²) in [4.78, 5) is 9.33. The Hall–Kier alpha value is -4.25. The molecule has 0 bridgehead atoms. The predicted molar refractivity (Wildman–Crippen MR) is 140 cm³/mol. The van der Waals surface area contributed by atoms with E-state index in [9.17, 15) is 13.9 Å². The van der Waals surface area contributed by atoms with Gasteiger partial charge in [-0.25, -0.2) is 18.7 Å². The first-order valence-electron chi connectivity index (χ1n) is 11.7. The van der Waals surface area contributed by atoms with Gasteiger partial charge in [-0.2, -0.15) is 5.10 Å². The van der Waals surface area contributed by atoms with Crippen LogP contribution in [0, 0.1) is 6.92 Å². The molecule has 0 aliphatic carbocycles. The van der Waals surface area contributed by atoms with Gasteiger partial charge in [0.25, 0.3) is 0 Å². The number of aliphatic hydroxyl groups excluding tert-OH is 1. The maximum atomic E-state index is 13.6. The Morgan fingerprint density at radius 3 is 2.70 bits per heavy atom. The quantitative estimate of drug-likeness (QED) is 0.251. The number of alkyl halides is 2. The van der Waals surface area contributed by atoms with E-state index in [0.29, 0.717) is 39.9 Å². The van der Waals surface area contributed by atoms with Crippen molar-refractivity contribution >= 4 is 16.7 Å². The summed E-state index contributed by atoms with van der Waals surface area (Å²) in [5.74, 6) is 1.01. The number of nitrogens with zero attached hydrogens (tertiary/aromatic N) is 5. The van der Waals surface area contributed by atoms with Crippen molar-refractivity contribution in [3.63, 3.8) is 0 Å². The van der Waals surface area contributed by atoms with E-state index in [-0.39, 0.29) is 6.54 Å². The number of aliphatic hydroxyl groups is 1. The average molecular weight is 509 g/mol. The van der Waals surface area contributed by atoms with Crippen molar-refractivity contribution in [1.82, 2.24) is 24.3 Å². The minimum Gasteiger partial charge on any atom is -0.402 e. The van der Waals surface area contributed by atoms with E-state index in [1.165, 1.54) is 4.68 Å². The van der Waals surface area contributed by atoms with E-state index < -0.39 is 19.0 Å². The van der Waals surface area contributed by atoms with Gasteiger partial charge in [-0.3, -0.25) is 9.25 Å². The Morgan fingerprint density at radius 1 is 1.22 bits per heavy atom. The molecule has 2 atom stereocenters. The van der Waals surface area contributed by atoms with Crippen LogP contribution < -0.4 is 16.8 Å². The van der Waals surface area contributed by atoms with Gasteiger partial charge in [0.15, 0.2) is 0 Å². The Bertz CT molecular complexity index is 1470. The Morgan fingerprint density at radius 2 is 2.00 bits per heavy atom. The summed E-state index contributed by atoms with van der Waals surface area (Å²) in [5, 5.41) is 17.8. The van der Waals surface area contributed by atoms with Gasteiger partial charge >= 0.3 is 0 Å². The van der Waals surface area contributed by atoms with Gasteiger partial charge in [-0.15, -0.1) is 0 Å². The van der Waals surface area contributed by atoms with Crippen LogP contribution >= 0.6 is 0 Å². The molecular formula is C26H30F2N8O. The molecule has 0 spiro atoms. The van der Waals surface area contributed by atoms with Gasteiger partial charge in [-0.1, -0.05) is 6.07 Å². The largest absolute Gasteiger partial charge is 0.402 e. The van der Waals surface area contributed by atoms with Crippen LogP contribution in [0.1, 0.15) is 31.2 Å². The second kappa shape index (κ2) is 10.8. The highest BCUT2D eigenvalue weighted by atomic mass is 19.2. The van der Waals surface area contributed by atoms with Gasteiger partial charge in [0.1, 0.15) is 30.8 Å². The highest BCUT2D eigenvalue weighted by Crippen LogP contribution is 2.31. The number of imidazole rings is 1. The lowest BCUT2D eigenvalue weighted by Gasteiger charge is -2.13. The first-order chi connectivity index (χ1) is 17.7. The predicted octanol–water partition coefficient (Wildman–Crippen LogP) is 4.03. The molecule has 0 aliphatic rings. The monoisotopic (exact) mass is 508 g/mol. The Balaban J connectivity index is 1.71. The third kappa shape index (κ3) is 5.78. The summed E-state index contributed by atoms with van der Waals surface area (Å²) in [5.41, 5.74) is 16.9. The summed E-state index contributed by atoms with van der Waals surface area (Å²) >= 11 is 0. The molecule has 4 aromatic rings.